The molecule has 0 aromatic carbocycles. The molecule has 0 bridgehead atoms. The van der Waals surface area contributed by atoms with Crippen molar-refractivity contribution in [2.75, 3.05) is 19.6 Å². The number of hydrogen-bond donors (Lipinski definition) is 3. The van der Waals surface area contributed by atoms with Crippen LogP contribution in [0.1, 0.15) is 33.6 Å². The van der Waals surface area contributed by atoms with E-state index in [4.69, 9.17) is 5.11 Å². The highest BCUT2D eigenvalue weighted by atomic mass is 16.4. The zero-order valence-corrected chi connectivity index (χ0v) is 12.2. The Hall–Kier alpha value is -1.79. The van der Waals surface area contributed by atoms with Gasteiger partial charge in [-0.25, -0.2) is 4.79 Å². The van der Waals surface area contributed by atoms with Crippen molar-refractivity contribution in [3.8, 4) is 0 Å². The van der Waals surface area contributed by atoms with E-state index in [1.54, 1.807) is 18.7 Å². The van der Waals surface area contributed by atoms with Crippen molar-refractivity contribution >= 4 is 17.9 Å². The first kappa shape index (κ1) is 16.3. The van der Waals surface area contributed by atoms with Crippen LogP contribution in [0.15, 0.2) is 0 Å². The van der Waals surface area contributed by atoms with E-state index in [1.807, 2.05) is 6.92 Å². The first-order valence-electron chi connectivity index (χ1n) is 6.86. The van der Waals surface area contributed by atoms with Gasteiger partial charge >= 0.3 is 12.0 Å². The lowest BCUT2D eigenvalue weighted by atomic mass is 9.80. The fraction of sp³-hybridized carbons (Fsp3) is 0.769. The molecule has 3 amide bonds. The van der Waals surface area contributed by atoms with Gasteiger partial charge in [0.15, 0.2) is 0 Å². The second-order valence-corrected chi connectivity index (χ2v) is 5.42. The minimum atomic E-state index is -0.826. The van der Waals surface area contributed by atoms with E-state index in [2.05, 4.69) is 10.6 Å². The van der Waals surface area contributed by atoms with E-state index in [9.17, 15) is 14.4 Å². The monoisotopic (exact) mass is 285 g/mol. The molecule has 20 heavy (non-hydrogen) atoms. The summed E-state index contributed by atoms with van der Waals surface area (Å²) < 4.78 is 0. The summed E-state index contributed by atoms with van der Waals surface area (Å²) in [6, 6.07) is -0.925. The predicted octanol–water partition coefficient (Wildman–Crippen LogP) is 0.407. The quantitative estimate of drug-likeness (QED) is 0.696. The normalized spacial score (nSPS) is 19.1. The molecule has 0 radical (unpaired) electrons. The molecule has 0 aliphatic carbocycles. The van der Waals surface area contributed by atoms with Crippen molar-refractivity contribution in [2.24, 2.45) is 5.41 Å². The molecule has 1 unspecified atom stereocenters. The van der Waals surface area contributed by atoms with E-state index >= 15 is 0 Å². The van der Waals surface area contributed by atoms with Crippen LogP contribution in [0.5, 0.6) is 0 Å². The lowest BCUT2D eigenvalue weighted by Gasteiger charge is -2.36. The number of hydrogen-bond acceptors (Lipinski definition) is 3. The van der Waals surface area contributed by atoms with Crippen LogP contribution in [0.3, 0.4) is 0 Å². The van der Waals surface area contributed by atoms with E-state index < -0.39 is 17.4 Å². The van der Waals surface area contributed by atoms with Crippen molar-refractivity contribution < 1.29 is 19.5 Å². The van der Waals surface area contributed by atoms with Crippen LogP contribution < -0.4 is 10.6 Å². The van der Waals surface area contributed by atoms with E-state index in [0.29, 0.717) is 32.5 Å². The Morgan fingerprint density at radius 2 is 1.85 bits per heavy atom. The third kappa shape index (κ3) is 3.85. The number of carboxylic acids is 1. The van der Waals surface area contributed by atoms with Crippen LogP contribution in [-0.2, 0) is 9.59 Å². The number of urea groups is 1. The highest BCUT2D eigenvalue weighted by Gasteiger charge is 2.38. The van der Waals surface area contributed by atoms with Crippen LogP contribution in [-0.4, -0.2) is 53.6 Å². The van der Waals surface area contributed by atoms with Gasteiger partial charge in [0.1, 0.15) is 6.04 Å². The predicted molar refractivity (Wildman–Crippen MR) is 73.2 cm³/mol. The molecule has 3 N–H and O–H groups in total. The molecular weight excluding hydrogens is 262 g/mol. The Bertz CT molecular complexity index is 389. The molecule has 1 fully saturated rings. The van der Waals surface area contributed by atoms with E-state index in [-0.39, 0.29) is 11.9 Å². The summed E-state index contributed by atoms with van der Waals surface area (Å²) in [4.78, 5) is 36.2. The van der Waals surface area contributed by atoms with Gasteiger partial charge in [0.05, 0.1) is 5.41 Å². The number of carbonyl (C=O) groups is 3. The van der Waals surface area contributed by atoms with Crippen molar-refractivity contribution in [1.82, 2.24) is 15.5 Å². The van der Waals surface area contributed by atoms with Gasteiger partial charge in [-0.15, -0.1) is 0 Å². The fourth-order valence-corrected chi connectivity index (χ4v) is 2.09. The molecule has 0 spiro atoms. The fourth-order valence-electron chi connectivity index (χ4n) is 2.09. The second kappa shape index (κ2) is 6.58. The van der Waals surface area contributed by atoms with Gasteiger partial charge in [-0.05, 0) is 33.6 Å². The SMILES string of the molecule is CCNC(=O)C(C)NC(=O)N1CCC(C)(C(=O)O)CC1. The molecule has 0 saturated carbocycles. The number of carbonyl (C=O) groups excluding carboxylic acids is 2. The highest BCUT2D eigenvalue weighted by Crippen LogP contribution is 2.30. The molecule has 0 aromatic rings. The van der Waals surface area contributed by atoms with Gasteiger partial charge in [-0.1, -0.05) is 0 Å². The molecule has 7 heteroatoms. The molecular formula is C13H23N3O4. The average Bonchev–Trinajstić information content (AvgIpc) is 2.39. The Balaban J connectivity index is 2.47. The van der Waals surface area contributed by atoms with Crippen LogP contribution in [0.25, 0.3) is 0 Å². The maximum atomic E-state index is 12.0. The Labute approximate surface area is 118 Å². The van der Waals surface area contributed by atoms with Crippen LogP contribution in [0, 0.1) is 5.41 Å². The average molecular weight is 285 g/mol. The molecule has 1 aliphatic rings. The summed E-state index contributed by atoms with van der Waals surface area (Å²) in [5.41, 5.74) is -0.762. The number of nitrogens with zero attached hydrogens (tertiary/aromatic N) is 1. The smallest absolute Gasteiger partial charge is 0.318 e. The topological polar surface area (TPSA) is 98.7 Å². The maximum absolute atomic E-state index is 12.0. The first-order chi connectivity index (χ1) is 9.30. The first-order valence-corrected chi connectivity index (χ1v) is 6.86. The largest absolute Gasteiger partial charge is 0.481 e. The van der Waals surface area contributed by atoms with Crippen LogP contribution in [0.4, 0.5) is 4.79 Å². The number of rotatable bonds is 4. The van der Waals surface area contributed by atoms with Gasteiger partial charge in [0.2, 0.25) is 5.91 Å². The number of piperidine rings is 1. The lowest BCUT2D eigenvalue weighted by Crippen LogP contribution is -2.53. The summed E-state index contributed by atoms with van der Waals surface area (Å²) in [5, 5.41) is 14.4. The molecule has 1 saturated heterocycles. The lowest BCUT2D eigenvalue weighted by molar-refractivity contribution is -0.150. The molecule has 1 rings (SSSR count). The summed E-state index contributed by atoms with van der Waals surface area (Å²) in [6.45, 7) is 6.41. The second-order valence-electron chi connectivity index (χ2n) is 5.42. The van der Waals surface area contributed by atoms with Gasteiger partial charge in [-0.3, -0.25) is 9.59 Å². The Morgan fingerprint density at radius 3 is 2.30 bits per heavy atom. The number of likely N-dealkylation sites (tertiary alicyclic amines) is 1. The van der Waals surface area contributed by atoms with Crippen molar-refractivity contribution in [3.05, 3.63) is 0 Å². The Morgan fingerprint density at radius 1 is 1.30 bits per heavy atom. The minimum Gasteiger partial charge on any atom is -0.481 e. The highest BCUT2D eigenvalue weighted by molar-refractivity contribution is 5.86. The van der Waals surface area contributed by atoms with Crippen molar-refractivity contribution in [3.63, 3.8) is 0 Å². The minimum absolute atomic E-state index is 0.228. The number of likely N-dealkylation sites (N-methyl/N-ethyl adjacent to an activating group) is 1. The summed E-state index contributed by atoms with van der Waals surface area (Å²) in [6.07, 6.45) is 0.844. The molecule has 114 valence electrons. The van der Waals surface area contributed by atoms with Gasteiger partial charge in [-0.2, -0.15) is 0 Å². The summed E-state index contributed by atoms with van der Waals surface area (Å²) in [7, 11) is 0. The molecule has 7 nitrogen and oxygen atoms in total. The van der Waals surface area contributed by atoms with Crippen LogP contribution >= 0.6 is 0 Å². The van der Waals surface area contributed by atoms with Crippen LogP contribution in [0.2, 0.25) is 0 Å². The zero-order chi connectivity index (χ0) is 15.3. The third-order valence-electron chi connectivity index (χ3n) is 3.75. The van der Waals surface area contributed by atoms with Gasteiger partial charge < -0.3 is 20.6 Å². The zero-order valence-electron chi connectivity index (χ0n) is 12.2. The number of amides is 3. The summed E-state index contributed by atoms with van der Waals surface area (Å²) in [5.74, 6) is -1.05. The van der Waals surface area contributed by atoms with Crippen molar-refractivity contribution in [1.29, 1.82) is 0 Å². The molecule has 0 aromatic heterocycles. The van der Waals surface area contributed by atoms with E-state index in [0.717, 1.165) is 0 Å². The number of nitrogens with one attached hydrogen (secondary N) is 2. The van der Waals surface area contributed by atoms with Gasteiger partial charge in [0, 0.05) is 19.6 Å². The van der Waals surface area contributed by atoms with Crippen molar-refractivity contribution in [2.45, 2.75) is 39.7 Å². The third-order valence-corrected chi connectivity index (χ3v) is 3.75. The number of aliphatic carboxylic acids is 1. The number of carboxylic acid groups (broad SMARTS) is 1. The van der Waals surface area contributed by atoms with E-state index in [1.165, 1.54) is 0 Å². The molecule has 1 aliphatic heterocycles. The molecule has 1 heterocycles. The van der Waals surface area contributed by atoms with Gasteiger partial charge in [0.25, 0.3) is 0 Å². The maximum Gasteiger partial charge on any atom is 0.318 e. The molecule has 1 atom stereocenters. The Kier molecular flexibility index (Phi) is 5.35. The standard InChI is InChI=1S/C13H23N3O4/c1-4-14-10(17)9(2)15-12(20)16-7-5-13(3,6-8-16)11(18)19/h9H,4-8H2,1-3H3,(H,14,17)(H,15,20)(H,18,19). The summed E-state index contributed by atoms with van der Waals surface area (Å²) >= 11 is 0.